The van der Waals surface area contributed by atoms with Crippen LogP contribution in [-0.4, -0.2) is 74.7 Å². The van der Waals surface area contributed by atoms with E-state index in [1.54, 1.807) is 0 Å². The molecule has 0 aromatic carbocycles. The molecule has 2 aliphatic rings. The average molecular weight is 255 g/mol. The summed E-state index contributed by atoms with van der Waals surface area (Å²) in [5, 5.41) is 3.35. The number of esters is 1. The first-order valence-corrected chi connectivity index (χ1v) is 6.92. The predicted molar refractivity (Wildman–Crippen MR) is 70.5 cm³/mol. The molecule has 2 heterocycles. The number of rotatable bonds is 2. The van der Waals surface area contributed by atoms with Crippen LogP contribution in [0.3, 0.4) is 0 Å². The maximum Gasteiger partial charge on any atom is 0.326 e. The van der Waals surface area contributed by atoms with E-state index in [1.165, 1.54) is 7.11 Å². The van der Waals surface area contributed by atoms with Crippen LogP contribution in [0.15, 0.2) is 0 Å². The van der Waals surface area contributed by atoms with E-state index in [9.17, 15) is 4.79 Å². The first kappa shape index (κ1) is 13.8. The number of hydrogen-bond donors (Lipinski definition) is 1. The topological polar surface area (TPSA) is 44.8 Å². The summed E-state index contributed by atoms with van der Waals surface area (Å²) in [7, 11) is 3.64. The third kappa shape index (κ3) is 2.68. The van der Waals surface area contributed by atoms with Crippen LogP contribution >= 0.6 is 0 Å². The van der Waals surface area contributed by atoms with Gasteiger partial charge in [0.15, 0.2) is 0 Å². The molecular formula is C13H25N3O2. The van der Waals surface area contributed by atoms with Gasteiger partial charge in [-0.15, -0.1) is 0 Å². The number of nitrogens with zero attached hydrogens (tertiary/aromatic N) is 2. The highest BCUT2D eigenvalue weighted by Gasteiger charge is 2.45. The first-order chi connectivity index (χ1) is 8.69. The van der Waals surface area contributed by atoms with Crippen LogP contribution in [0.2, 0.25) is 0 Å². The minimum Gasteiger partial charge on any atom is -0.468 e. The third-order valence-electron chi connectivity index (χ3n) is 4.32. The van der Waals surface area contributed by atoms with Crippen molar-refractivity contribution < 1.29 is 9.53 Å². The van der Waals surface area contributed by atoms with Crippen LogP contribution in [0, 0.1) is 0 Å². The predicted octanol–water partition coefficient (Wildman–Crippen LogP) is -0.0809. The summed E-state index contributed by atoms with van der Waals surface area (Å²) in [6.07, 6.45) is 2.87. The monoisotopic (exact) mass is 255 g/mol. The fourth-order valence-electron chi connectivity index (χ4n) is 3.19. The Morgan fingerprint density at radius 3 is 2.56 bits per heavy atom. The molecular weight excluding hydrogens is 230 g/mol. The molecule has 2 rings (SSSR count). The van der Waals surface area contributed by atoms with Gasteiger partial charge in [-0.05, 0) is 32.9 Å². The zero-order chi connectivity index (χ0) is 13.0. The van der Waals surface area contributed by atoms with Crippen molar-refractivity contribution in [1.29, 1.82) is 0 Å². The average Bonchev–Trinajstić information content (AvgIpc) is 2.62. The lowest BCUT2D eigenvalue weighted by molar-refractivity contribution is -0.157. The molecule has 0 amide bonds. The Hall–Kier alpha value is -0.650. The van der Waals surface area contributed by atoms with Crippen LogP contribution in [0.25, 0.3) is 0 Å². The number of carbonyl (C=O) groups is 1. The summed E-state index contributed by atoms with van der Waals surface area (Å²) < 4.78 is 5.12. The molecule has 0 aromatic rings. The Kier molecular flexibility index (Phi) is 4.59. The van der Waals surface area contributed by atoms with E-state index in [0.717, 1.165) is 58.5 Å². The second-order valence-electron chi connectivity index (χ2n) is 5.42. The fourth-order valence-corrected chi connectivity index (χ4v) is 3.19. The lowest BCUT2D eigenvalue weighted by atomic mass is 9.87. The summed E-state index contributed by atoms with van der Waals surface area (Å²) in [5.41, 5.74) is -0.387. The number of methoxy groups -OCH3 is 1. The van der Waals surface area contributed by atoms with Gasteiger partial charge in [0.05, 0.1) is 7.11 Å². The van der Waals surface area contributed by atoms with Gasteiger partial charge >= 0.3 is 5.97 Å². The van der Waals surface area contributed by atoms with Gasteiger partial charge in [0.25, 0.3) is 0 Å². The van der Waals surface area contributed by atoms with Crippen molar-refractivity contribution >= 4 is 5.97 Å². The lowest BCUT2D eigenvalue weighted by Crippen LogP contribution is -2.60. The smallest absolute Gasteiger partial charge is 0.326 e. The van der Waals surface area contributed by atoms with Crippen molar-refractivity contribution in [3.8, 4) is 0 Å². The van der Waals surface area contributed by atoms with Crippen LogP contribution in [0.4, 0.5) is 0 Å². The van der Waals surface area contributed by atoms with Crippen molar-refractivity contribution in [2.24, 2.45) is 0 Å². The number of ether oxygens (including phenoxy) is 1. The molecule has 2 fully saturated rings. The van der Waals surface area contributed by atoms with Gasteiger partial charge in [-0.3, -0.25) is 9.69 Å². The molecule has 0 saturated carbocycles. The number of carbonyl (C=O) groups excluding carboxylic acids is 1. The minimum atomic E-state index is -0.387. The highest BCUT2D eigenvalue weighted by atomic mass is 16.5. The molecule has 1 unspecified atom stereocenters. The van der Waals surface area contributed by atoms with E-state index < -0.39 is 0 Å². The molecule has 1 atom stereocenters. The number of likely N-dealkylation sites (tertiary alicyclic amines) is 1. The Morgan fingerprint density at radius 2 is 1.89 bits per heavy atom. The van der Waals surface area contributed by atoms with E-state index >= 15 is 0 Å². The fraction of sp³-hybridized carbons (Fsp3) is 0.923. The molecule has 0 aromatic heterocycles. The number of piperazine rings is 1. The Labute approximate surface area is 109 Å². The summed E-state index contributed by atoms with van der Waals surface area (Å²) >= 11 is 0. The Bertz CT molecular complexity index is 292. The van der Waals surface area contributed by atoms with Crippen molar-refractivity contribution in [1.82, 2.24) is 15.1 Å². The van der Waals surface area contributed by atoms with E-state index in [-0.39, 0.29) is 11.5 Å². The van der Waals surface area contributed by atoms with Crippen molar-refractivity contribution in [2.75, 3.05) is 53.4 Å². The first-order valence-electron chi connectivity index (χ1n) is 6.92. The molecule has 18 heavy (non-hydrogen) atoms. The van der Waals surface area contributed by atoms with E-state index in [0.29, 0.717) is 0 Å². The largest absolute Gasteiger partial charge is 0.468 e. The second-order valence-corrected chi connectivity index (χ2v) is 5.42. The van der Waals surface area contributed by atoms with Gasteiger partial charge in [0.1, 0.15) is 5.54 Å². The molecule has 0 aliphatic carbocycles. The van der Waals surface area contributed by atoms with Crippen LogP contribution in [0.5, 0.6) is 0 Å². The van der Waals surface area contributed by atoms with Crippen molar-refractivity contribution in [3.63, 3.8) is 0 Å². The lowest BCUT2D eigenvalue weighted by Gasteiger charge is -2.43. The van der Waals surface area contributed by atoms with Crippen LogP contribution in [0.1, 0.15) is 19.3 Å². The van der Waals surface area contributed by atoms with E-state index in [1.807, 2.05) is 0 Å². The number of nitrogens with one attached hydrogen (secondary N) is 1. The van der Waals surface area contributed by atoms with Gasteiger partial charge in [-0.1, -0.05) is 0 Å². The van der Waals surface area contributed by atoms with Crippen LogP contribution in [-0.2, 0) is 9.53 Å². The molecule has 5 heteroatoms. The molecule has 0 radical (unpaired) electrons. The molecule has 1 N–H and O–H groups in total. The summed E-state index contributed by atoms with van der Waals surface area (Å²) in [6, 6.07) is 0. The Morgan fingerprint density at radius 1 is 1.17 bits per heavy atom. The minimum absolute atomic E-state index is 0.0419. The van der Waals surface area contributed by atoms with Gasteiger partial charge < -0.3 is 15.0 Å². The zero-order valence-electron chi connectivity index (χ0n) is 11.6. The summed E-state index contributed by atoms with van der Waals surface area (Å²) in [5.74, 6) is -0.0419. The SMILES string of the molecule is COC(=O)C1(N2CCNCC2)CCCN(C)CC1. The highest BCUT2D eigenvalue weighted by Crippen LogP contribution is 2.30. The van der Waals surface area contributed by atoms with Crippen molar-refractivity contribution in [3.05, 3.63) is 0 Å². The maximum absolute atomic E-state index is 12.3. The summed E-state index contributed by atoms with van der Waals surface area (Å²) in [4.78, 5) is 17.0. The maximum atomic E-state index is 12.3. The third-order valence-corrected chi connectivity index (χ3v) is 4.32. The van der Waals surface area contributed by atoms with Gasteiger partial charge in [-0.25, -0.2) is 0 Å². The highest BCUT2D eigenvalue weighted by molar-refractivity contribution is 5.81. The van der Waals surface area contributed by atoms with Gasteiger partial charge in [0, 0.05) is 32.7 Å². The molecule has 2 aliphatic heterocycles. The van der Waals surface area contributed by atoms with Crippen molar-refractivity contribution in [2.45, 2.75) is 24.8 Å². The number of hydrogen-bond acceptors (Lipinski definition) is 5. The van der Waals surface area contributed by atoms with Crippen LogP contribution < -0.4 is 5.32 Å². The molecule has 0 spiro atoms. The zero-order valence-corrected chi connectivity index (χ0v) is 11.6. The van der Waals surface area contributed by atoms with E-state index in [2.05, 4.69) is 22.2 Å². The summed E-state index contributed by atoms with van der Waals surface area (Å²) in [6.45, 7) is 5.87. The second kappa shape index (κ2) is 5.99. The van der Waals surface area contributed by atoms with Gasteiger partial charge in [-0.2, -0.15) is 0 Å². The van der Waals surface area contributed by atoms with Gasteiger partial charge in [0.2, 0.25) is 0 Å². The quantitative estimate of drug-likeness (QED) is 0.699. The standard InChI is InChI=1S/C13H25N3O2/c1-15-8-3-4-13(5-9-15,12(17)18-2)16-10-6-14-7-11-16/h14H,3-11H2,1-2H3. The normalized spacial score (nSPS) is 31.9. The van der Waals surface area contributed by atoms with E-state index in [4.69, 9.17) is 4.74 Å². The molecule has 0 bridgehead atoms. The Balaban J connectivity index is 2.18. The molecule has 104 valence electrons. The molecule has 5 nitrogen and oxygen atoms in total. The molecule has 2 saturated heterocycles.